The number of benzene rings is 4. The molecule has 0 aromatic heterocycles. The van der Waals surface area contributed by atoms with Crippen molar-refractivity contribution in [2.24, 2.45) is 0 Å². The largest absolute Gasteiger partial charge is 0 e. The number of hydrogen-bond acceptors (Lipinski definition) is 3. The molecule has 184 valence electrons. The van der Waals surface area contributed by atoms with Gasteiger partial charge in [-0.3, -0.25) is 0 Å². The number of rotatable bonds is 5. The van der Waals surface area contributed by atoms with E-state index in [1.165, 1.54) is 16.7 Å². The van der Waals surface area contributed by atoms with E-state index in [0.717, 1.165) is 22.7 Å². The van der Waals surface area contributed by atoms with Gasteiger partial charge in [0.2, 0.25) is 0 Å². The van der Waals surface area contributed by atoms with Crippen LogP contribution in [-0.4, -0.2) is 7.11 Å². The summed E-state index contributed by atoms with van der Waals surface area (Å²) in [6.45, 7) is 13.5. The zero-order chi connectivity index (χ0) is 26.3. The maximum Gasteiger partial charge on any atom is 0 e. The number of anilines is 2. The number of nitrogens with one attached hydrogen (secondary N) is 2. The molecule has 5 rings (SSSR count). The van der Waals surface area contributed by atoms with Gasteiger partial charge in [0, 0.05) is 34.3 Å². The van der Waals surface area contributed by atoms with Crippen molar-refractivity contribution in [3.63, 3.8) is 0 Å². The molecular formula is C30H24CrN2O4. The van der Waals surface area contributed by atoms with Gasteiger partial charge in [-0.25, -0.2) is 0 Å². The third kappa shape index (κ3) is 7.27. The summed E-state index contributed by atoms with van der Waals surface area (Å²) >= 11 is 0. The van der Waals surface area contributed by atoms with E-state index in [0.29, 0.717) is 0 Å². The Kier molecular flexibility index (Phi) is 14.0. The number of hydrogen-bond donors (Lipinski definition) is 2. The molecule has 0 aliphatic heterocycles. The van der Waals surface area contributed by atoms with Gasteiger partial charge >= 0.3 is 33.9 Å². The standard InChI is InChI=1S/C27H24N2O.3CO.Cr/c1-30-24-18-10-17-23-25(24)21-15-8-9-16-22(21)26(28-19-11-4-2-5-12-19)27(23)29-20-13-6-3-7-14-20;3*1-2;/h2-18,26-29H,1H3;;;;/t26-,27-;;;;/m0..../s1. The first kappa shape index (κ1) is 31.1. The van der Waals surface area contributed by atoms with Crippen LogP contribution in [0.2, 0.25) is 0 Å². The van der Waals surface area contributed by atoms with Crippen molar-refractivity contribution >= 4 is 11.4 Å². The van der Waals surface area contributed by atoms with Crippen molar-refractivity contribution in [1.29, 1.82) is 0 Å². The molecule has 0 heterocycles. The monoisotopic (exact) mass is 528 g/mol. The van der Waals surface area contributed by atoms with E-state index in [4.69, 9.17) is 18.7 Å². The van der Waals surface area contributed by atoms with E-state index in [2.05, 4.69) is 116 Å². The fraction of sp³-hybridized carbons (Fsp3) is 0.100. The number of ether oxygens (including phenoxy) is 1. The Labute approximate surface area is 228 Å². The van der Waals surface area contributed by atoms with Gasteiger partial charge in [0.1, 0.15) is 5.75 Å². The van der Waals surface area contributed by atoms with Crippen LogP contribution in [0, 0.1) is 20.0 Å². The molecule has 0 radical (unpaired) electrons. The third-order valence-electron chi connectivity index (χ3n) is 5.70. The first-order valence-corrected chi connectivity index (χ1v) is 10.9. The Morgan fingerprint density at radius 1 is 0.568 bits per heavy atom. The predicted octanol–water partition coefficient (Wildman–Crippen LogP) is 6.57. The Balaban J connectivity index is 0.000000914. The van der Waals surface area contributed by atoms with Gasteiger partial charge in [-0.1, -0.05) is 72.8 Å². The molecule has 0 saturated heterocycles. The smallest absolute Gasteiger partial charge is 0 e. The van der Waals surface area contributed by atoms with Crippen LogP contribution in [0.3, 0.4) is 0 Å². The predicted molar refractivity (Wildman–Crippen MR) is 136 cm³/mol. The Bertz CT molecular complexity index is 1280. The van der Waals surface area contributed by atoms with Gasteiger partial charge in [0.05, 0.1) is 19.2 Å². The maximum atomic E-state index is 7.50. The minimum atomic E-state index is 0. The molecule has 2 atom stereocenters. The molecular weight excluding hydrogens is 504 g/mol. The minimum Gasteiger partial charge on any atom is 0 e. The fourth-order valence-corrected chi connectivity index (χ4v) is 4.37. The van der Waals surface area contributed by atoms with Crippen LogP contribution < -0.4 is 15.4 Å². The Morgan fingerprint density at radius 2 is 1.00 bits per heavy atom. The second kappa shape index (κ2) is 16.7. The molecule has 1 aliphatic carbocycles. The van der Waals surface area contributed by atoms with E-state index in [-0.39, 0.29) is 29.4 Å². The SMILES string of the molecule is COc1cccc2c1-c1ccccc1[C@H](Nc1ccccc1)[C@H]2Nc1ccccc1.[C-]#[O+].[C-]#[O+].[C-]#[O+].[Cr]. The van der Waals surface area contributed by atoms with Crippen LogP contribution in [0.15, 0.2) is 103 Å². The summed E-state index contributed by atoms with van der Waals surface area (Å²) in [5, 5.41) is 7.56. The summed E-state index contributed by atoms with van der Waals surface area (Å²) < 4.78 is 28.3. The molecule has 7 heteroatoms. The third-order valence-corrected chi connectivity index (χ3v) is 5.70. The average Bonchev–Trinajstić information content (AvgIpc) is 2.98. The summed E-state index contributed by atoms with van der Waals surface area (Å²) in [5.74, 6) is 0.901. The minimum absolute atomic E-state index is 0. The summed E-state index contributed by atoms with van der Waals surface area (Å²) in [7, 11) is 1.74. The summed E-state index contributed by atoms with van der Waals surface area (Å²) in [6.07, 6.45) is 0. The molecule has 2 N–H and O–H groups in total. The van der Waals surface area contributed by atoms with Gasteiger partial charge in [-0.15, -0.1) is 0 Å². The van der Waals surface area contributed by atoms with Crippen molar-refractivity contribution in [3.05, 3.63) is 134 Å². The first-order valence-electron chi connectivity index (χ1n) is 10.9. The van der Waals surface area contributed by atoms with Crippen molar-refractivity contribution < 1.29 is 36.1 Å². The molecule has 4 aromatic carbocycles. The van der Waals surface area contributed by atoms with Crippen LogP contribution in [0.25, 0.3) is 11.1 Å². The van der Waals surface area contributed by atoms with Gasteiger partial charge < -0.3 is 15.4 Å². The molecule has 0 spiro atoms. The molecule has 4 aromatic rings. The summed E-state index contributed by atoms with van der Waals surface area (Å²) in [4.78, 5) is 0. The van der Waals surface area contributed by atoms with E-state index >= 15 is 0 Å². The molecule has 0 saturated carbocycles. The number of fused-ring (bicyclic) bond motifs is 3. The topological polar surface area (TPSA) is 93.0 Å². The first-order chi connectivity index (χ1) is 17.8. The summed E-state index contributed by atoms with van der Waals surface area (Å²) in [5.41, 5.74) is 7.05. The molecule has 1 aliphatic rings. The zero-order valence-corrected chi connectivity index (χ0v) is 21.3. The van der Waals surface area contributed by atoms with Crippen molar-refractivity contribution in [2.45, 2.75) is 12.1 Å². The van der Waals surface area contributed by atoms with Gasteiger partial charge in [0.25, 0.3) is 0 Å². The van der Waals surface area contributed by atoms with Gasteiger partial charge in [-0.05, 0) is 47.0 Å². The molecule has 0 bridgehead atoms. The van der Waals surface area contributed by atoms with Crippen molar-refractivity contribution in [1.82, 2.24) is 0 Å². The second-order valence-electron chi connectivity index (χ2n) is 7.49. The van der Waals surface area contributed by atoms with Crippen LogP contribution in [0.1, 0.15) is 23.2 Å². The Morgan fingerprint density at radius 3 is 1.51 bits per heavy atom. The van der Waals surface area contributed by atoms with Crippen LogP contribution in [0.5, 0.6) is 5.75 Å². The number of methoxy groups -OCH3 is 1. The van der Waals surface area contributed by atoms with Gasteiger partial charge in [-0.2, -0.15) is 0 Å². The number of para-hydroxylation sites is 2. The van der Waals surface area contributed by atoms with Crippen molar-refractivity contribution in [2.75, 3.05) is 17.7 Å². The van der Waals surface area contributed by atoms with E-state index < -0.39 is 0 Å². The average molecular weight is 529 g/mol. The van der Waals surface area contributed by atoms with E-state index in [1.807, 2.05) is 18.2 Å². The van der Waals surface area contributed by atoms with Crippen LogP contribution in [-0.2, 0) is 31.3 Å². The molecule has 0 unspecified atom stereocenters. The van der Waals surface area contributed by atoms with E-state index in [9.17, 15) is 0 Å². The normalized spacial score (nSPS) is 13.8. The van der Waals surface area contributed by atoms with Crippen LogP contribution in [0.4, 0.5) is 11.4 Å². The molecule has 6 nitrogen and oxygen atoms in total. The Hall–Kier alpha value is -3.97. The van der Waals surface area contributed by atoms with E-state index in [1.54, 1.807) is 7.11 Å². The van der Waals surface area contributed by atoms with Crippen molar-refractivity contribution in [3.8, 4) is 16.9 Å². The maximum absolute atomic E-state index is 7.50. The molecule has 0 amide bonds. The quantitative estimate of drug-likeness (QED) is 0.227. The molecule has 0 fully saturated rings. The van der Waals surface area contributed by atoms with Gasteiger partial charge in [0.15, 0.2) is 0 Å². The second-order valence-corrected chi connectivity index (χ2v) is 7.49. The van der Waals surface area contributed by atoms with Crippen LogP contribution >= 0.6 is 0 Å². The fourth-order valence-electron chi connectivity index (χ4n) is 4.37. The summed E-state index contributed by atoms with van der Waals surface area (Å²) in [6, 6.07) is 35.8. The zero-order valence-electron chi connectivity index (χ0n) is 20.0. The molecule has 37 heavy (non-hydrogen) atoms.